The summed E-state index contributed by atoms with van der Waals surface area (Å²) in [7, 11) is 0. The number of benzene rings is 1. The van der Waals surface area contributed by atoms with Crippen LogP contribution in [0.3, 0.4) is 0 Å². The van der Waals surface area contributed by atoms with E-state index in [1.165, 1.54) is 11.3 Å². The van der Waals surface area contributed by atoms with Crippen LogP contribution in [0.2, 0.25) is 0 Å². The summed E-state index contributed by atoms with van der Waals surface area (Å²) >= 11 is 4.96. The van der Waals surface area contributed by atoms with Crippen LogP contribution in [0.1, 0.15) is 17.4 Å². The van der Waals surface area contributed by atoms with E-state index in [9.17, 15) is 4.79 Å². The Kier molecular flexibility index (Phi) is 4.58. The predicted octanol–water partition coefficient (Wildman–Crippen LogP) is 3.61. The van der Waals surface area contributed by atoms with Gasteiger partial charge in [0.1, 0.15) is 5.69 Å². The first-order valence-electron chi connectivity index (χ1n) is 7.14. The fourth-order valence-corrected chi connectivity index (χ4v) is 3.94. The van der Waals surface area contributed by atoms with Gasteiger partial charge in [-0.3, -0.25) is 9.48 Å². The van der Waals surface area contributed by atoms with Crippen LogP contribution in [-0.2, 0) is 13.1 Å². The number of nitrogens with zero attached hydrogens (tertiary/aromatic N) is 4. The summed E-state index contributed by atoms with van der Waals surface area (Å²) in [6, 6.07) is 7.71. The number of allylic oxidation sites excluding steroid dienone is 1. The SMILES string of the molecule is C=CCn1c(=NC(=O)c2ccnn2CC)sc2cc(Br)ccc21. The van der Waals surface area contributed by atoms with Gasteiger partial charge in [0.05, 0.1) is 10.2 Å². The van der Waals surface area contributed by atoms with Crippen molar-refractivity contribution in [2.45, 2.75) is 20.0 Å². The average molecular weight is 391 g/mol. The lowest BCUT2D eigenvalue weighted by atomic mass is 10.3. The zero-order chi connectivity index (χ0) is 16.4. The van der Waals surface area contributed by atoms with Crippen molar-refractivity contribution in [3.05, 3.63) is 58.1 Å². The maximum absolute atomic E-state index is 12.5. The van der Waals surface area contributed by atoms with Gasteiger partial charge in [-0.2, -0.15) is 10.1 Å². The standard InChI is InChI=1S/C16H15BrN4OS/c1-3-9-20-12-6-5-11(17)10-14(12)23-16(20)19-15(22)13-7-8-18-21(13)4-2/h3,5-8,10H,1,4,9H2,2H3. The molecule has 0 aliphatic carbocycles. The number of thiazole rings is 1. The Morgan fingerprint density at radius 3 is 3.04 bits per heavy atom. The van der Waals surface area contributed by atoms with Crippen LogP contribution in [0.25, 0.3) is 10.2 Å². The molecule has 0 bridgehead atoms. The molecule has 2 heterocycles. The smallest absolute Gasteiger partial charge is 0.297 e. The number of rotatable bonds is 4. The molecule has 0 unspecified atom stereocenters. The van der Waals surface area contributed by atoms with Crippen molar-refractivity contribution in [3.63, 3.8) is 0 Å². The second-order valence-electron chi connectivity index (χ2n) is 4.85. The van der Waals surface area contributed by atoms with E-state index in [1.807, 2.05) is 29.7 Å². The molecule has 23 heavy (non-hydrogen) atoms. The summed E-state index contributed by atoms with van der Waals surface area (Å²) in [5.41, 5.74) is 1.53. The highest BCUT2D eigenvalue weighted by Crippen LogP contribution is 2.22. The minimum atomic E-state index is -0.284. The molecule has 0 radical (unpaired) electrons. The number of carbonyl (C=O) groups is 1. The zero-order valence-electron chi connectivity index (χ0n) is 12.6. The first-order valence-corrected chi connectivity index (χ1v) is 8.75. The van der Waals surface area contributed by atoms with Crippen molar-refractivity contribution < 1.29 is 4.79 Å². The first kappa shape index (κ1) is 15.9. The van der Waals surface area contributed by atoms with Gasteiger partial charge >= 0.3 is 0 Å². The molecule has 2 aromatic heterocycles. The van der Waals surface area contributed by atoms with Gasteiger partial charge in [0.25, 0.3) is 5.91 Å². The lowest BCUT2D eigenvalue weighted by molar-refractivity contribution is 0.0987. The number of hydrogen-bond donors (Lipinski definition) is 0. The molecule has 0 saturated carbocycles. The molecule has 1 aromatic carbocycles. The van der Waals surface area contributed by atoms with E-state index < -0.39 is 0 Å². The van der Waals surface area contributed by atoms with Gasteiger partial charge in [0.2, 0.25) is 0 Å². The topological polar surface area (TPSA) is 52.2 Å². The molecule has 0 aliphatic heterocycles. The lowest BCUT2D eigenvalue weighted by Crippen LogP contribution is -2.17. The van der Waals surface area contributed by atoms with Crippen LogP contribution < -0.4 is 4.80 Å². The normalized spacial score (nSPS) is 12.0. The highest BCUT2D eigenvalue weighted by atomic mass is 79.9. The Morgan fingerprint density at radius 1 is 1.48 bits per heavy atom. The fourth-order valence-electron chi connectivity index (χ4n) is 2.35. The molecule has 3 rings (SSSR count). The second kappa shape index (κ2) is 6.64. The number of carbonyl (C=O) groups excluding carboxylic acids is 1. The highest BCUT2D eigenvalue weighted by Gasteiger charge is 2.12. The molecule has 1 amide bonds. The summed E-state index contributed by atoms with van der Waals surface area (Å²) < 4.78 is 5.70. The number of halogens is 1. The maximum atomic E-state index is 12.5. The number of amides is 1. The maximum Gasteiger partial charge on any atom is 0.297 e. The summed E-state index contributed by atoms with van der Waals surface area (Å²) in [5, 5.41) is 4.12. The summed E-state index contributed by atoms with van der Waals surface area (Å²) in [5.74, 6) is -0.284. The molecule has 0 N–H and O–H groups in total. The fraction of sp³-hybridized carbons (Fsp3) is 0.188. The van der Waals surface area contributed by atoms with Crippen LogP contribution in [0, 0.1) is 0 Å². The third-order valence-corrected chi connectivity index (χ3v) is 4.92. The van der Waals surface area contributed by atoms with E-state index in [0.717, 1.165) is 14.7 Å². The van der Waals surface area contributed by atoms with Crippen molar-refractivity contribution in [3.8, 4) is 0 Å². The molecule has 7 heteroatoms. The van der Waals surface area contributed by atoms with Gasteiger partial charge in [-0.15, -0.1) is 6.58 Å². The number of aryl methyl sites for hydroxylation is 1. The lowest BCUT2D eigenvalue weighted by Gasteiger charge is -2.02. The summed E-state index contributed by atoms with van der Waals surface area (Å²) in [4.78, 5) is 17.5. The minimum absolute atomic E-state index is 0.284. The Bertz CT molecular complexity index is 951. The monoisotopic (exact) mass is 390 g/mol. The van der Waals surface area contributed by atoms with Gasteiger partial charge in [-0.05, 0) is 31.2 Å². The van der Waals surface area contributed by atoms with Crippen molar-refractivity contribution in [1.82, 2.24) is 14.3 Å². The third-order valence-electron chi connectivity index (χ3n) is 3.39. The second-order valence-corrected chi connectivity index (χ2v) is 6.77. The van der Waals surface area contributed by atoms with Crippen molar-refractivity contribution in [1.29, 1.82) is 0 Å². The molecule has 5 nitrogen and oxygen atoms in total. The Balaban J connectivity index is 2.16. The molecule has 3 aromatic rings. The summed E-state index contributed by atoms with van der Waals surface area (Å²) in [6.45, 7) is 6.97. The molecule has 0 saturated heterocycles. The van der Waals surface area contributed by atoms with Crippen LogP contribution in [-0.4, -0.2) is 20.3 Å². The van der Waals surface area contributed by atoms with Gasteiger partial charge in [-0.25, -0.2) is 0 Å². The number of fused-ring (bicyclic) bond motifs is 1. The molecular weight excluding hydrogens is 376 g/mol. The predicted molar refractivity (Wildman–Crippen MR) is 95.5 cm³/mol. The number of aromatic nitrogens is 3. The van der Waals surface area contributed by atoms with E-state index in [4.69, 9.17) is 0 Å². The van der Waals surface area contributed by atoms with Gasteiger partial charge < -0.3 is 4.57 Å². The Labute approximate surface area is 145 Å². The van der Waals surface area contributed by atoms with Gasteiger partial charge in [0.15, 0.2) is 4.80 Å². The summed E-state index contributed by atoms with van der Waals surface area (Å²) in [6.07, 6.45) is 3.42. The van der Waals surface area contributed by atoms with Crippen molar-refractivity contribution in [2.24, 2.45) is 4.99 Å². The zero-order valence-corrected chi connectivity index (χ0v) is 15.0. The molecule has 0 atom stereocenters. The quantitative estimate of drug-likeness (QED) is 0.638. The van der Waals surface area contributed by atoms with E-state index >= 15 is 0 Å². The van der Waals surface area contributed by atoms with E-state index in [-0.39, 0.29) is 5.91 Å². The van der Waals surface area contributed by atoms with E-state index in [0.29, 0.717) is 23.6 Å². The van der Waals surface area contributed by atoms with Gasteiger partial charge in [0, 0.05) is 23.8 Å². The van der Waals surface area contributed by atoms with Crippen LogP contribution in [0.5, 0.6) is 0 Å². The van der Waals surface area contributed by atoms with E-state index in [1.54, 1.807) is 23.0 Å². The van der Waals surface area contributed by atoms with Crippen molar-refractivity contribution >= 4 is 43.4 Å². The molecule has 0 aliphatic rings. The van der Waals surface area contributed by atoms with Crippen LogP contribution >= 0.6 is 27.3 Å². The molecule has 0 spiro atoms. The minimum Gasteiger partial charge on any atom is -0.312 e. The largest absolute Gasteiger partial charge is 0.312 e. The Hall–Kier alpha value is -1.99. The molecule has 118 valence electrons. The Morgan fingerprint density at radius 2 is 2.30 bits per heavy atom. The van der Waals surface area contributed by atoms with Gasteiger partial charge in [-0.1, -0.05) is 33.3 Å². The van der Waals surface area contributed by atoms with Crippen LogP contribution in [0.4, 0.5) is 0 Å². The average Bonchev–Trinajstić information content (AvgIpc) is 3.12. The molecule has 0 fully saturated rings. The van der Waals surface area contributed by atoms with E-state index in [2.05, 4.69) is 32.6 Å². The molecular formula is C16H15BrN4OS. The third kappa shape index (κ3) is 3.07. The highest BCUT2D eigenvalue weighted by molar-refractivity contribution is 9.10. The van der Waals surface area contributed by atoms with Crippen molar-refractivity contribution in [2.75, 3.05) is 0 Å². The van der Waals surface area contributed by atoms with Crippen LogP contribution in [0.15, 0.2) is 52.6 Å². The number of hydrogen-bond acceptors (Lipinski definition) is 3. The first-order chi connectivity index (χ1) is 11.1.